The highest BCUT2D eigenvalue weighted by Crippen LogP contribution is 2.12. The summed E-state index contributed by atoms with van der Waals surface area (Å²) in [5, 5.41) is 0. The summed E-state index contributed by atoms with van der Waals surface area (Å²) in [6.45, 7) is 0.518. The van der Waals surface area contributed by atoms with Crippen molar-refractivity contribution in [1.82, 2.24) is 0 Å². The van der Waals surface area contributed by atoms with Crippen LogP contribution in [0.4, 0.5) is 0 Å². The van der Waals surface area contributed by atoms with Gasteiger partial charge in [-0.15, -0.1) is 0 Å². The monoisotopic (exact) mass is 296 g/mol. The number of rotatable bonds is 8. The average molecular weight is 296 g/mol. The van der Waals surface area contributed by atoms with Crippen LogP contribution in [0.3, 0.4) is 0 Å². The molecule has 4 heteroatoms. The van der Waals surface area contributed by atoms with E-state index in [0.29, 0.717) is 29.9 Å². The molecule has 4 nitrogen and oxygen atoms in total. The van der Waals surface area contributed by atoms with Crippen LogP contribution in [0.1, 0.15) is 27.1 Å². The first-order chi connectivity index (χ1) is 10.8. The van der Waals surface area contributed by atoms with E-state index < -0.39 is 0 Å². The third kappa shape index (κ3) is 4.90. The molecule has 112 valence electrons. The van der Waals surface area contributed by atoms with Crippen molar-refractivity contribution in [3.63, 3.8) is 0 Å². The van der Waals surface area contributed by atoms with Crippen LogP contribution in [0.5, 0.6) is 11.5 Å². The van der Waals surface area contributed by atoms with Crippen molar-refractivity contribution in [2.45, 2.75) is 6.42 Å². The number of ether oxygens (including phenoxy) is 2. The van der Waals surface area contributed by atoms with Gasteiger partial charge in [-0.05, 0) is 54.6 Å². The van der Waals surface area contributed by atoms with E-state index >= 15 is 0 Å². The Balaban J connectivity index is 1.68. The highest BCUT2D eigenvalue weighted by molar-refractivity contribution is 5.75. The number of hydrogen-bond donors (Lipinski definition) is 0. The minimum Gasteiger partial charge on any atom is -0.493 e. The summed E-state index contributed by atoms with van der Waals surface area (Å²) in [5.41, 5.74) is 1.24. The van der Waals surface area contributed by atoms with E-state index in [1.165, 1.54) is 0 Å². The highest BCUT2D eigenvalue weighted by atomic mass is 16.5. The Bertz CT molecular complexity index is 627. The summed E-state index contributed by atoms with van der Waals surface area (Å²) in [6, 6.07) is 13.8. The fourth-order valence-electron chi connectivity index (χ4n) is 1.71. The lowest BCUT2D eigenvalue weighted by Gasteiger charge is -2.04. The Morgan fingerprint density at radius 2 is 1.32 bits per heavy atom. The van der Waals surface area contributed by atoms with Crippen LogP contribution in [-0.4, -0.2) is 19.2 Å². The van der Waals surface area contributed by atoms with Gasteiger partial charge in [0, 0.05) is 17.5 Å². The second-order valence-electron chi connectivity index (χ2n) is 4.50. The Hall–Kier alpha value is -2.88. The van der Waals surface area contributed by atoms with Gasteiger partial charge in [0.25, 0.3) is 0 Å². The van der Waals surface area contributed by atoms with E-state index in [4.69, 9.17) is 9.47 Å². The number of aldehydes is 2. The van der Waals surface area contributed by atoms with E-state index in [1.54, 1.807) is 54.8 Å². The third-order valence-corrected chi connectivity index (χ3v) is 2.89. The summed E-state index contributed by atoms with van der Waals surface area (Å²) >= 11 is 0. The van der Waals surface area contributed by atoms with Gasteiger partial charge < -0.3 is 9.47 Å². The molecule has 0 unspecified atom stereocenters. The van der Waals surface area contributed by atoms with Gasteiger partial charge in [-0.1, -0.05) is 0 Å². The standard InChI is InChI=1S/C18H16O4/c19-13-15-3-7-17(8-4-15)21-11-1-2-12-22-18-9-5-16(14-20)6-10-18/h1,3-11,13-14H,2,12H2. The average Bonchev–Trinajstić information content (AvgIpc) is 2.59. The zero-order valence-corrected chi connectivity index (χ0v) is 12.0. The van der Waals surface area contributed by atoms with Gasteiger partial charge in [0.1, 0.15) is 24.1 Å². The molecule has 2 rings (SSSR count). The summed E-state index contributed by atoms with van der Waals surface area (Å²) in [7, 11) is 0. The molecule has 0 bridgehead atoms. The first-order valence-corrected chi connectivity index (χ1v) is 6.87. The number of benzene rings is 2. The van der Waals surface area contributed by atoms with Gasteiger partial charge in [-0.2, -0.15) is 0 Å². The van der Waals surface area contributed by atoms with Crippen LogP contribution < -0.4 is 9.47 Å². The molecule has 0 aromatic heterocycles. The Labute approximate surface area is 129 Å². The van der Waals surface area contributed by atoms with Gasteiger partial charge in [0.2, 0.25) is 0 Å². The first kappa shape index (κ1) is 15.5. The molecule has 0 aliphatic heterocycles. The smallest absolute Gasteiger partial charge is 0.150 e. The van der Waals surface area contributed by atoms with Crippen molar-refractivity contribution in [1.29, 1.82) is 0 Å². The van der Waals surface area contributed by atoms with Crippen LogP contribution in [0.2, 0.25) is 0 Å². The molecule has 2 aromatic rings. The molecule has 0 saturated heterocycles. The van der Waals surface area contributed by atoms with Crippen molar-refractivity contribution in [3.8, 4) is 11.5 Å². The molecule has 0 atom stereocenters. The van der Waals surface area contributed by atoms with Gasteiger partial charge in [0.05, 0.1) is 12.9 Å². The molecule has 0 spiro atoms. The predicted octanol–water partition coefficient (Wildman–Crippen LogP) is 3.67. The molecule has 0 aliphatic rings. The maximum Gasteiger partial charge on any atom is 0.150 e. The van der Waals surface area contributed by atoms with Crippen molar-refractivity contribution >= 4 is 12.6 Å². The van der Waals surface area contributed by atoms with E-state index in [0.717, 1.165) is 18.3 Å². The molecule has 0 radical (unpaired) electrons. The summed E-state index contributed by atoms with van der Waals surface area (Å²) < 4.78 is 10.9. The SMILES string of the molecule is O=Cc1ccc(OC=CCCOc2ccc(C=O)cc2)cc1. The highest BCUT2D eigenvalue weighted by Gasteiger charge is 1.94. The predicted molar refractivity (Wildman–Crippen MR) is 83.5 cm³/mol. The fraction of sp³-hybridized carbons (Fsp3) is 0.111. The lowest BCUT2D eigenvalue weighted by molar-refractivity contribution is 0.111. The zero-order valence-electron chi connectivity index (χ0n) is 12.0. The molecule has 2 aromatic carbocycles. The zero-order chi connectivity index (χ0) is 15.6. The maximum absolute atomic E-state index is 10.5. The van der Waals surface area contributed by atoms with Crippen molar-refractivity contribution < 1.29 is 19.1 Å². The minimum atomic E-state index is 0.518. The van der Waals surface area contributed by atoms with Crippen LogP contribution in [0.25, 0.3) is 0 Å². The number of carbonyl (C=O) groups excluding carboxylic acids is 2. The normalized spacial score (nSPS) is 10.4. The fourth-order valence-corrected chi connectivity index (χ4v) is 1.71. The number of carbonyl (C=O) groups is 2. The maximum atomic E-state index is 10.5. The van der Waals surface area contributed by atoms with Crippen molar-refractivity contribution in [2.75, 3.05) is 6.61 Å². The molecule has 0 heterocycles. The second-order valence-corrected chi connectivity index (χ2v) is 4.50. The van der Waals surface area contributed by atoms with Crippen molar-refractivity contribution in [3.05, 3.63) is 72.0 Å². The van der Waals surface area contributed by atoms with E-state index in [9.17, 15) is 9.59 Å². The number of hydrogen-bond acceptors (Lipinski definition) is 4. The van der Waals surface area contributed by atoms with Crippen LogP contribution in [0, 0.1) is 0 Å². The minimum absolute atomic E-state index is 0.518. The van der Waals surface area contributed by atoms with Gasteiger partial charge in [-0.3, -0.25) is 9.59 Å². The quantitative estimate of drug-likeness (QED) is 0.423. The van der Waals surface area contributed by atoms with Crippen LogP contribution in [-0.2, 0) is 0 Å². The van der Waals surface area contributed by atoms with Crippen LogP contribution >= 0.6 is 0 Å². The van der Waals surface area contributed by atoms with E-state index in [-0.39, 0.29) is 0 Å². The lowest BCUT2D eigenvalue weighted by atomic mass is 10.2. The van der Waals surface area contributed by atoms with Crippen LogP contribution in [0.15, 0.2) is 60.9 Å². The summed E-state index contributed by atoms with van der Waals surface area (Å²) in [5.74, 6) is 1.40. The molecule has 22 heavy (non-hydrogen) atoms. The summed E-state index contributed by atoms with van der Waals surface area (Å²) in [6.07, 6.45) is 5.73. The Morgan fingerprint density at radius 3 is 1.86 bits per heavy atom. The molecule has 0 N–H and O–H groups in total. The van der Waals surface area contributed by atoms with E-state index in [2.05, 4.69) is 0 Å². The lowest BCUT2D eigenvalue weighted by Crippen LogP contribution is -1.96. The molecular weight excluding hydrogens is 280 g/mol. The van der Waals surface area contributed by atoms with Crippen molar-refractivity contribution in [2.24, 2.45) is 0 Å². The van der Waals surface area contributed by atoms with Gasteiger partial charge >= 0.3 is 0 Å². The topological polar surface area (TPSA) is 52.6 Å². The molecule has 0 amide bonds. The largest absolute Gasteiger partial charge is 0.493 e. The Morgan fingerprint density at radius 1 is 0.773 bits per heavy atom. The van der Waals surface area contributed by atoms with Gasteiger partial charge in [0.15, 0.2) is 0 Å². The summed E-state index contributed by atoms with van der Waals surface area (Å²) in [4.78, 5) is 21.0. The second kappa shape index (κ2) is 8.42. The Kier molecular flexibility index (Phi) is 5.93. The van der Waals surface area contributed by atoms with E-state index in [1.807, 2.05) is 6.08 Å². The first-order valence-electron chi connectivity index (χ1n) is 6.87. The third-order valence-electron chi connectivity index (χ3n) is 2.89. The van der Waals surface area contributed by atoms with Gasteiger partial charge in [-0.25, -0.2) is 0 Å². The molecule has 0 fully saturated rings. The molecule has 0 saturated carbocycles. The molecular formula is C18H16O4. The molecule has 0 aliphatic carbocycles.